The molecule has 162 valence electrons. The summed E-state index contributed by atoms with van der Waals surface area (Å²) in [5, 5.41) is 10.8. The van der Waals surface area contributed by atoms with E-state index >= 15 is 0 Å². The SMILES string of the molecule is CC(=O)O.O=C1NC(=Nc2cc[c-]cc2)SC1=Cc1ccccc1OCc1ccccc1.[Na+]. The predicted octanol–water partition coefficient (Wildman–Crippen LogP) is 2.05. The zero-order valence-electron chi connectivity index (χ0n) is 18.3. The van der Waals surface area contributed by atoms with E-state index in [0.29, 0.717) is 16.7 Å². The van der Waals surface area contributed by atoms with E-state index in [9.17, 15) is 4.79 Å². The van der Waals surface area contributed by atoms with E-state index in [2.05, 4.69) is 16.4 Å². The second kappa shape index (κ2) is 13.6. The third-order valence-corrected chi connectivity index (χ3v) is 4.93. The first-order valence-electron chi connectivity index (χ1n) is 9.72. The molecule has 3 aromatic carbocycles. The molecule has 0 unspecified atom stereocenters. The smallest absolute Gasteiger partial charge is 0.488 e. The summed E-state index contributed by atoms with van der Waals surface area (Å²) in [6.07, 6.45) is 1.83. The number of carbonyl (C=O) groups excluding carboxylic acids is 1. The van der Waals surface area contributed by atoms with Crippen LogP contribution in [0.25, 0.3) is 6.08 Å². The summed E-state index contributed by atoms with van der Waals surface area (Å²) >= 11 is 1.32. The molecule has 0 atom stereocenters. The molecule has 1 aliphatic heterocycles. The van der Waals surface area contributed by atoms with Crippen molar-refractivity contribution in [2.24, 2.45) is 4.99 Å². The minimum absolute atomic E-state index is 0. The summed E-state index contributed by atoms with van der Waals surface area (Å²) in [4.78, 5) is 26.4. The van der Waals surface area contributed by atoms with Gasteiger partial charge in [-0.15, -0.1) is 12.1 Å². The van der Waals surface area contributed by atoms with E-state index in [1.807, 2.05) is 72.8 Å². The molecule has 1 amide bonds. The fraction of sp³-hybridized carbons (Fsp3) is 0.0800. The van der Waals surface area contributed by atoms with Gasteiger partial charge in [0.2, 0.25) is 0 Å². The number of thioether (sulfide) groups is 1. The van der Waals surface area contributed by atoms with E-state index in [1.54, 1.807) is 12.1 Å². The summed E-state index contributed by atoms with van der Waals surface area (Å²) in [7, 11) is 0. The van der Waals surface area contributed by atoms with Crippen LogP contribution in [-0.2, 0) is 16.2 Å². The van der Waals surface area contributed by atoms with Gasteiger partial charge in [-0.1, -0.05) is 48.5 Å². The molecule has 1 heterocycles. The van der Waals surface area contributed by atoms with E-state index in [4.69, 9.17) is 14.6 Å². The summed E-state index contributed by atoms with van der Waals surface area (Å²) in [6, 6.07) is 27.9. The van der Waals surface area contributed by atoms with Crippen molar-refractivity contribution in [2.75, 3.05) is 0 Å². The van der Waals surface area contributed by atoms with Gasteiger partial charge >= 0.3 is 29.6 Å². The number of para-hydroxylation sites is 1. The summed E-state index contributed by atoms with van der Waals surface area (Å²) in [5.74, 6) is -0.264. The van der Waals surface area contributed by atoms with Crippen molar-refractivity contribution in [1.82, 2.24) is 5.32 Å². The van der Waals surface area contributed by atoms with Crippen LogP contribution in [0.3, 0.4) is 0 Å². The number of carbonyl (C=O) groups is 2. The zero-order chi connectivity index (χ0) is 22.8. The molecule has 3 aromatic rings. The fourth-order valence-electron chi connectivity index (χ4n) is 2.66. The molecule has 0 spiro atoms. The monoisotopic (exact) mass is 468 g/mol. The van der Waals surface area contributed by atoms with Gasteiger partial charge in [0, 0.05) is 12.5 Å². The van der Waals surface area contributed by atoms with Gasteiger partial charge in [0.1, 0.15) is 12.4 Å². The van der Waals surface area contributed by atoms with Crippen LogP contribution >= 0.6 is 11.8 Å². The van der Waals surface area contributed by atoms with Gasteiger partial charge < -0.3 is 15.2 Å². The molecule has 1 aliphatic rings. The fourth-order valence-corrected chi connectivity index (χ4v) is 3.49. The predicted molar refractivity (Wildman–Crippen MR) is 127 cm³/mol. The van der Waals surface area contributed by atoms with Gasteiger partial charge in [0.05, 0.1) is 4.91 Å². The van der Waals surface area contributed by atoms with Gasteiger partial charge in [0.25, 0.3) is 11.9 Å². The number of aliphatic carboxylic acids is 1. The minimum Gasteiger partial charge on any atom is -0.488 e. The van der Waals surface area contributed by atoms with Gasteiger partial charge in [-0.05, 0) is 35.2 Å². The molecule has 0 aliphatic carbocycles. The van der Waals surface area contributed by atoms with Crippen LogP contribution in [0.1, 0.15) is 18.1 Å². The van der Waals surface area contributed by atoms with Crippen LogP contribution in [0.5, 0.6) is 5.75 Å². The van der Waals surface area contributed by atoms with Crippen LogP contribution < -0.4 is 39.6 Å². The first kappa shape index (κ1) is 26.4. The van der Waals surface area contributed by atoms with Crippen LogP contribution in [0.4, 0.5) is 5.69 Å². The number of rotatable bonds is 5. The van der Waals surface area contributed by atoms with E-state index < -0.39 is 5.97 Å². The number of amides is 1. The van der Waals surface area contributed by atoms with Crippen molar-refractivity contribution in [3.05, 3.63) is 101 Å². The van der Waals surface area contributed by atoms with E-state index in [1.165, 1.54) is 11.8 Å². The quantitative estimate of drug-likeness (QED) is 0.340. The molecule has 2 N–H and O–H groups in total. The molecule has 33 heavy (non-hydrogen) atoms. The van der Waals surface area contributed by atoms with E-state index in [0.717, 1.165) is 29.5 Å². The Kier molecular flexibility index (Phi) is 10.9. The zero-order valence-corrected chi connectivity index (χ0v) is 21.1. The van der Waals surface area contributed by atoms with Gasteiger partial charge in [-0.25, -0.2) is 0 Å². The number of carboxylic acids is 1. The number of nitrogens with one attached hydrogen (secondary N) is 1. The average Bonchev–Trinajstić information content (AvgIpc) is 3.12. The first-order chi connectivity index (χ1) is 15.5. The number of nitrogens with zero attached hydrogens (tertiary/aromatic N) is 1. The molecule has 0 aromatic heterocycles. The molecule has 8 heteroatoms. The van der Waals surface area contributed by atoms with Crippen LogP contribution in [-0.4, -0.2) is 22.2 Å². The standard InChI is InChI=1S/C23H17N2O2S.C2H4O2.Na/c26-22-21(28-23(25-22)24-19-12-5-2-6-13-19)15-18-11-7-8-14-20(18)27-16-17-9-3-1-4-10-17;1-2(3)4;/h1,3-15H,16H2,(H,24,25,26);1H3,(H,3,4);/q-1;;+1. The molecule has 0 radical (unpaired) electrons. The molecule has 0 bridgehead atoms. The molecule has 1 fully saturated rings. The Balaban J connectivity index is 0.000000714. The van der Waals surface area contributed by atoms with Gasteiger partial charge in [-0.2, -0.15) is 18.2 Å². The second-order valence-electron chi connectivity index (χ2n) is 6.57. The number of aliphatic imine (C=N–C) groups is 1. The van der Waals surface area contributed by atoms with Crippen molar-refractivity contribution >= 4 is 40.6 Å². The molecule has 1 saturated heterocycles. The van der Waals surface area contributed by atoms with Crippen LogP contribution in [0.2, 0.25) is 0 Å². The van der Waals surface area contributed by atoms with Crippen molar-refractivity contribution in [3.8, 4) is 5.75 Å². The molecular weight excluding hydrogens is 447 g/mol. The minimum atomic E-state index is -0.833. The summed E-state index contributed by atoms with van der Waals surface area (Å²) in [5.41, 5.74) is 2.72. The number of ether oxygens (including phenoxy) is 1. The number of hydrogen-bond acceptors (Lipinski definition) is 5. The molecular formula is C25H21N2NaO4S. The van der Waals surface area contributed by atoms with Crippen LogP contribution in [0, 0.1) is 6.07 Å². The maximum atomic E-state index is 12.3. The molecule has 0 saturated carbocycles. The Bertz CT molecular complexity index is 1130. The van der Waals surface area contributed by atoms with Crippen molar-refractivity contribution in [1.29, 1.82) is 0 Å². The second-order valence-corrected chi connectivity index (χ2v) is 7.60. The van der Waals surface area contributed by atoms with Crippen molar-refractivity contribution < 1.29 is 49.0 Å². The number of benzene rings is 3. The Morgan fingerprint density at radius 1 is 1.09 bits per heavy atom. The topological polar surface area (TPSA) is 88.0 Å². The average molecular weight is 469 g/mol. The normalized spacial score (nSPS) is 14.6. The third-order valence-electron chi connectivity index (χ3n) is 4.02. The van der Waals surface area contributed by atoms with Crippen molar-refractivity contribution in [3.63, 3.8) is 0 Å². The van der Waals surface area contributed by atoms with Crippen LogP contribution in [0.15, 0.2) is 88.8 Å². The number of hydrogen-bond donors (Lipinski definition) is 2. The Hall–Kier alpha value is -2.84. The molecule has 6 nitrogen and oxygen atoms in total. The largest absolute Gasteiger partial charge is 1.00 e. The number of carboxylic acid groups (broad SMARTS) is 1. The number of amidine groups is 1. The Labute approximate surface area is 219 Å². The maximum absolute atomic E-state index is 12.3. The maximum Gasteiger partial charge on any atom is 1.00 e. The third kappa shape index (κ3) is 8.90. The first-order valence-corrected chi connectivity index (χ1v) is 10.5. The van der Waals surface area contributed by atoms with Gasteiger partial charge in [-0.3, -0.25) is 14.6 Å². The summed E-state index contributed by atoms with van der Waals surface area (Å²) < 4.78 is 5.97. The molecule has 4 rings (SSSR count). The summed E-state index contributed by atoms with van der Waals surface area (Å²) in [6.45, 7) is 1.55. The van der Waals surface area contributed by atoms with Crippen molar-refractivity contribution in [2.45, 2.75) is 13.5 Å². The van der Waals surface area contributed by atoms with E-state index in [-0.39, 0.29) is 35.5 Å². The Morgan fingerprint density at radius 2 is 1.73 bits per heavy atom. The Morgan fingerprint density at radius 3 is 2.42 bits per heavy atom. The van der Waals surface area contributed by atoms with Gasteiger partial charge in [0.15, 0.2) is 5.17 Å².